The molecule has 0 unspecified atom stereocenters. The average Bonchev–Trinajstić information content (AvgIpc) is 2.20. The van der Waals surface area contributed by atoms with Crippen molar-refractivity contribution in [3.63, 3.8) is 0 Å². The van der Waals surface area contributed by atoms with Crippen molar-refractivity contribution in [1.29, 1.82) is 0 Å². The first-order valence-electron chi connectivity index (χ1n) is 4.65. The Bertz CT molecular complexity index is 402. The highest BCUT2D eigenvalue weighted by molar-refractivity contribution is 7.80. The van der Waals surface area contributed by atoms with Gasteiger partial charge in [0, 0.05) is 19.8 Å². The molecule has 2 N–H and O–H groups in total. The Balaban J connectivity index is 2.67. The molecule has 86 valence electrons. The number of aliphatic imine (C=N–C) groups is 1. The smallest absolute Gasteiger partial charge is 0.191 e. The van der Waals surface area contributed by atoms with E-state index >= 15 is 0 Å². The van der Waals surface area contributed by atoms with Gasteiger partial charge in [0.25, 0.3) is 0 Å². The monoisotopic (exact) mass is 256 g/mol. The van der Waals surface area contributed by atoms with Crippen molar-refractivity contribution < 1.29 is 0 Å². The highest BCUT2D eigenvalue weighted by Gasteiger charge is 2.03. The van der Waals surface area contributed by atoms with E-state index in [1.165, 1.54) is 0 Å². The Kier molecular flexibility index (Phi) is 4.64. The fourth-order valence-corrected chi connectivity index (χ4v) is 1.38. The van der Waals surface area contributed by atoms with E-state index in [1.807, 2.05) is 24.9 Å². The van der Waals surface area contributed by atoms with Crippen LogP contribution in [0.3, 0.4) is 0 Å². The van der Waals surface area contributed by atoms with Gasteiger partial charge in [0.1, 0.15) is 11.0 Å². The molecular weight excluding hydrogens is 244 g/mol. The van der Waals surface area contributed by atoms with Gasteiger partial charge in [0.15, 0.2) is 5.11 Å². The van der Waals surface area contributed by atoms with Gasteiger partial charge < -0.3 is 10.6 Å². The maximum atomic E-state index is 5.70. The Hall–Kier alpha value is -1.20. The van der Waals surface area contributed by atoms with E-state index in [9.17, 15) is 0 Å². The van der Waals surface area contributed by atoms with Crippen LogP contribution in [0.2, 0.25) is 5.15 Å². The van der Waals surface area contributed by atoms with Gasteiger partial charge in [-0.1, -0.05) is 17.7 Å². The normalized spacial score (nSPS) is 11.3. The third-order valence-electron chi connectivity index (χ3n) is 2.03. The SMILES string of the molecule is CC(=NC(N)=S)N(C)Cc1ccc(Cl)nc1. The summed E-state index contributed by atoms with van der Waals surface area (Å²) >= 11 is 10.4. The summed E-state index contributed by atoms with van der Waals surface area (Å²) in [5.74, 6) is 0.766. The molecule has 16 heavy (non-hydrogen) atoms. The van der Waals surface area contributed by atoms with Crippen LogP contribution >= 0.6 is 23.8 Å². The number of nitrogens with two attached hydrogens (primary N) is 1. The van der Waals surface area contributed by atoms with Gasteiger partial charge in [0.2, 0.25) is 0 Å². The molecule has 0 saturated heterocycles. The van der Waals surface area contributed by atoms with E-state index in [0.717, 1.165) is 11.4 Å². The van der Waals surface area contributed by atoms with Gasteiger partial charge in [-0.3, -0.25) is 0 Å². The van der Waals surface area contributed by atoms with E-state index in [0.29, 0.717) is 11.7 Å². The van der Waals surface area contributed by atoms with Crippen LogP contribution in [0, 0.1) is 0 Å². The van der Waals surface area contributed by atoms with E-state index in [4.69, 9.17) is 29.6 Å². The molecule has 0 fully saturated rings. The van der Waals surface area contributed by atoms with Crippen molar-refractivity contribution in [2.45, 2.75) is 13.5 Å². The van der Waals surface area contributed by atoms with Gasteiger partial charge in [-0.2, -0.15) is 0 Å². The van der Waals surface area contributed by atoms with E-state index < -0.39 is 0 Å². The largest absolute Gasteiger partial charge is 0.374 e. The molecule has 1 rings (SSSR count). The maximum Gasteiger partial charge on any atom is 0.191 e. The summed E-state index contributed by atoms with van der Waals surface area (Å²) in [7, 11) is 1.91. The number of hydrogen-bond donors (Lipinski definition) is 1. The van der Waals surface area contributed by atoms with Gasteiger partial charge in [-0.15, -0.1) is 0 Å². The Morgan fingerprint density at radius 3 is 2.81 bits per heavy atom. The fraction of sp³-hybridized carbons (Fsp3) is 0.300. The maximum absolute atomic E-state index is 5.70. The summed E-state index contributed by atoms with van der Waals surface area (Å²) in [6.45, 7) is 2.53. The second-order valence-corrected chi connectivity index (χ2v) is 4.15. The van der Waals surface area contributed by atoms with E-state index in [1.54, 1.807) is 12.3 Å². The molecule has 1 aromatic heterocycles. The topological polar surface area (TPSA) is 54.5 Å². The van der Waals surface area contributed by atoms with Crippen LogP contribution in [-0.4, -0.2) is 27.9 Å². The lowest BCUT2D eigenvalue weighted by Crippen LogP contribution is -2.25. The van der Waals surface area contributed by atoms with Gasteiger partial charge in [0.05, 0.1) is 0 Å². The van der Waals surface area contributed by atoms with Gasteiger partial charge >= 0.3 is 0 Å². The van der Waals surface area contributed by atoms with Gasteiger partial charge in [-0.05, 0) is 30.8 Å². The lowest BCUT2D eigenvalue weighted by Gasteiger charge is -2.18. The fourth-order valence-electron chi connectivity index (χ4n) is 1.13. The predicted molar refractivity (Wildman–Crippen MR) is 70.6 cm³/mol. The van der Waals surface area contributed by atoms with E-state index in [-0.39, 0.29) is 5.11 Å². The van der Waals surface area contributed by atoms with Crippen LogP contribution in [0.1, 0.15) is 12.5 Å². The molecule has 0 aliphatic carbocycles. The molecule has 0 atom stereocenters. The zero-order valence-corrected chi connectivity index (χ0v) is 10.7. The standard InChI is InChI=1S/C10H13ClN4S/c1-7(14-10(12)16)15(2)6-8-3-4-9(11)13-5-8/h3-5H,6H2,1-2H3,(H2,12,16). The van der Waals surface area contributed by atoms with Crippen LogP contribution in [0.15, 0.2) is 23.3 Å². The van der Waals surface area contributed by atoms with Crippen LogP contribution in [0.5, 0.6) is 0 Å². The molecule has 1 aromatic rings. The number of hydrogen-bond acceptors (Lipinski definition) is 2. The highest BCUT2D eigenvalue weighted by atomic mass is 35.5. The molecule has 0 radical (unpaired) electrons. The zero-order valence-electron chi connectivity index (χ0n) is 9.14. The second kappa shape index (κ2) is 5.77. The Morgan fingerprint density at radius 2 is 2.31 bits per heavy atom. The summed E-state index contributed by atoms with van der Waals surface area (Å²) < 4.78 is 0. The predicted octanol–water partition coefficient (Wildman–Crippen LogP) is 1.83. The van der Waals surface area contributed by atoms with Gasteiger partial charge in [-0.25, -0.2) is 9.98 Å². The minimum absolute atomic E-state index is 0.138. The number of pyridine rings is 1. The first-order valence-corrected chi connectivity index (χ1v) is 5.44. The number of nitrogens with zero attached hydrogens (tertiary/aromatic N) is 3. The third kappa shape index (κ3) is 4.12. The quantitative estimate of drug-likeness (QED) is 0.380. The molecule has 0 bridgehead atoms. The molecular formula is C10H13ClN4S. The molecule has 1 heterocycles. The molecule has 4 nitrogen and oxygen atoms in total. The van der Waals surface area contributed by atoms with Crippen LogP contribution in [0.25, 0.3) is 0 Å². The van der Waals surface area contributed by atoms with Crippen LogP contribution in [0.4, 0.5) is 0 Å². The van der Waals surface area contributed by atoms with Crippen molar-refractivity contribution in [3.8, 4) is 0 Å². The third-order valence-corrected chi connectivity index (χ3v) is 2.35. The number of halogens is 1. The number of aromatic nitrogens is 1. The lowest BCUT2D eigenvalue weighted by atomic mass is 10.3. The molecule has 0 saturated carbocycles. The summed E-state index contributed by atoms with van der Waals surface area (Å²) in [6, 6.07) is 3.67. The Morgan fingerprint density at radius 1 is 1.62 bits per heavy atom. The summed E-state index contributed by atoms with van der Waals surface area (Å²) in [4.78, 5) is 9.93. The average molecular weight is 257 g/mol. The summed E-state index contributed by atoms with van der Waals surface area (Å²) in [5.41, 5.74) is 6.38. The molecule has 6 heteroatoms. The first kappa shape index (κ1) is 12.9. The highest BCUT2D eigenvalue weighted by Crippen LogP contribution is 2.07. The zero-order chi connectivity index (χ0) is 12.1. The number of rotatable bonds is 2. The number of amidine groups is 1. The molecule has 0 amide bonds. The number of thiocarbonyl (C=S) groups is 1. The van der Waals surface area contributed by atoms with Crippen molar-refractivity contribution in [2.24, 2.45) is 10.7 Å². The van der Waals surface area contributed by atoms with Crippen molar-refractivity contribution >= 4 is 34.8 Å². The summed E-state index contributed by atoms with van der Waals surface area (Å²) in [5, 5.41) is 0.624. The first-order chi connectivity index (χ1) is 7.49. The van der Waals surface area contributed by atoms with Crippen LogP contribution < -0.4 is 5.73 Å². The van der Waals surface area contributed by atoms with Crippen LogP contribution in [-0.2, 0) is 6.54 Å². The molecule has 0 aliphatic rings. The summed E-state index contributed by atoms with van der Waals surface area (Å²) in [6.07, 6.45) is 1.73. The van der Waals surface area contributed by atoms with Crippen molar-refractivity contribution in [2.75, 3.05) is 7.05 Å². The van der Waals surface area contributed by atoms with Crippen molar-refractivity contribution in [3.05, 3.63) is 29.0 Å². The molecule has 0 aromatic carbocycles. The molecule has 0 spiro atoms. The molecule has 0 aliphatic heterocycles. The van der Waals surface area contributed by atoms with E-state index in [2.05, 4.69) is 9.98 Å². The second-order valence-electron chi connectivity index (χ2n) is 3.34. The Labute approximate surface area is 105 Å². The van der Waals surface area contributed by atoms with Crippen molar-refractivity contribution in [1.82, 2.24) is 9.88 Å². The minimum Gasteiger partial charge on any atom is -0.374 e. The minimum atomic E-state index is 0.138. The lowest BCUT2D eigenvalue weighted by molar-refractivity contribution is 0.497.